The molecule has 2 aromatic rings. The van der Waals surface area contributed by atoms with Crippen molar-refractivity contribution < 1.29 is 4.79 Å². The number of hydrogen-bond acceptors (Lipinski definition) is 3. The highest BCUT2D eigenvalue weighted by atomic mass is 16.2. The summed E-state index contributed by atoms with van der Waals surface area (Å²) >= 11 is 0. The fourth-order valence-corrected chi connectivity index (χ4v) is 5.60. The number of amides is 1. The molecular weight excluding hydrogens is 334 g/mol. The number of likely N-dealkylation sites (tertiary alicyclic amines) is 1. The predicted molar refractivity (Wildman–Crippen MR) is 106 cm³/mol. The minimum atomic E-state index is 0.157. The van der Waals surface area contributed by atoms with Crippen LogP contribution < -0.4 is 0 Å². The molecular formula is C23H27N3O. The number of rotatable bonds is 2. The van der Waals surface area contributed by atoms with Gasteiger partial charge in [0.25, 0.3) is 5.91 Å². The molecule has 5 heterocycles. The maximum Gasteiger partial charge on any atom is 0.255 e. The SMILES string of the molecule is Cc1ccc([C@H]2CN(C(=O)c3cncc(C)c3)[C@@H]3C4CCN(CC4)[C@H]23)cc1. The number of benzene rings is 1. The molecule has 3 atom stereocenters. The second kappa shape index (κ2) is 6.45. The van der Waals surface area contributed by atoms with Crippen LogP contribution in [-0.4, -0.2) is 52.4 Å². The van der Waals surface area contributed by atoms with Gasteiger partial charge in [-0.1, -0.05) is 29.8 Å². The number of carbonyl (C=O) groups excluding carboxylic acids is 1. The summed E-state index contributed by atoms with van der Waals surface area (Å²) in [6.07, 6.45) is 5.98. The topological polar surface area (TPSA) is 36.4 Å². The van der Waals surface area contributed by atoms with E-state index in [1.807, 2.05) is 19.2 Å². The van der Waals surface area contributed by atoms with Gasteiger partial charge in [-0.05, 0) is 62.9 Å². The molecule has 1 aromatic carbocycles. The van der Waals surface area contributed by atoms with Gasteiger partial charge in [-0.15, -0.1) is 0 Å². The summed E-state index contributed by atoms with van der Waals surface area (Å²) in [6.45, 7) is 7.32. The lowest BCUT2D eigenvalue weighted by molar-refractivity contribution is -0.00342. The van der Waals surface area contributed by atoms with Gasteiger partial charge >= 0.3 is 0 Å². The lowest BCUT2D eigenvalue weighted by atomic mass is 9.75. The molecule has 4 nitrogen and oxygen atoms in total. The van der Waals surface area contributed by atoms with Gasteiger partial charge in [-0.2, -0.15) is 0 Å². The lowest BCUT2D eigenvalue weighted by Crippen LogP contribution is -2.60. The van der Waals surface area contributed by atoms with Crippen LogP contribution in [0.1, 0.15) is 45.8 Å². The van der Waals surface area contributed by atoms with Gasteiger partial charge in [-0.3, -0.25) is 14.7 Å². The van der Waals surface area contributed by atoms with Crippen molar-refractivity contribution in [2.75, 3.05) is 19.6 Å². The summed E-state index contributed by atoms with van der Waals surface area (Å²) in [7, 11) is 0. The Morgan fingerprint density at radius 3 is 2.44 bits per heavy atom. The number of hydrogen-bond donors (Lipinski definition) is 0. The van der Waals surface area contributed by atoms with Crippen molar-refractivity contribution in [3.63, 3.8) is 0 Å². The quantitative estimate of drug-likeness (QED) is 0.823. The minimum absolute atomic E-state index is 0.157. The van der Waals surface area contributed by atoms with E-state index in [9.17, 15) is 4.79 Å². The van der Waals surface area contributed by atoms with E-state index in [4.69, 9.17) is 0 Å². The van der Waals surface area contributed by atoms with Crippen LogP contribution in [0.15, 0.2) is 42.7 Å². The van der Waals surface area contributed by atoms with Crippen molar-refractivity contribution >= 4 is 5.91 Å². The van der Waals surface area contributed by atoms with E-state index in [0.29, 0.717) is 23.9 Å². The summed E-state index contributed by atoms with van der Waals surface area (Å²) in [6, 6.07) is 11.7. The van der Waals surface area contributed by atoms with Gasteiger partial charge < -0.3 is 4.90 Å². The van der Waals surface area contributed by atoms with Crippen LogP contribution in [0.2, 0.25) is 0 Å². The van der Waals surface area contributed by atoms with Crippen LogP contribution in [0.25, 0.3) is 0 Å². The molecule has 4 fully saturated rings. The molecule has 1 aromatic heterocycles. The van der Waals surface area contributed by atoms with Crippen LogP contribution in [0.3, 0.4) is 0 Å². The summed E-state index contributed by atoms with van der Waals surface area (Å²) < 4.78 is 0. The Hall–Kier alpha value is -2.20. The number of nitrogens with zero attached hydrogens (tertiary/aromatic N) is 3. The van der Waals surface area contributed by atoms with E-state index in [0.717, 1.165) is 17.7 Å². The standard InChI is InChI=1S/C23H27N3O/c1-15-3-5-17(6-4-15)20-14-26(23(27)19-11-16(2)12-24-13-19)21-18-7-9-25(10-8-18)22(20)21/h3-6,11-13,18,20-22H,7-10,14H2,1-2H3/t20-,21-,22-/m1/s1. The number of aromatic nitrogens is 1. The lowest BCUT2D eigenvalue weighted by Gasteiger charge is -2.51. The Bertz CT molecular complexity index is 854. The smallest absolute Gasteiger partial charge is 0.255 e. The summed E-state index contributed by atoms with van der Waals surface area (Å²) in [4.78, 5) is 22.5. The van der Waals surface area contributed by atoms with Crippen molar-refractivity contribution in [2.24, 2.45) is 5.92 Å². The fraction of sp³-hybridized carbons (Fsp3) is 0.478. The fourth-order valence-electron chi connectivity index (χ4n) is 5.60. The van der Waals surface area contributed by atoms with Crippen molar-refractivity contribution in [2.45, 2.75) is 44.7 Å². The summed E-state index contributed by atoms with van der Waals surface area (Å²) in [5, 5.41) is 0. The predicted octanol–water partition coefficient (Wildman–Crippen LogP) is 3.40. The van der Waals surface area contributed by atoms with Crippen molar-refractivity contribution in [3.05, 3.63) is 65.0 Å². The highest BCUT2D eigenvalue weighted by molar-refractivity contribution is 5.94. The number of carbonyl (C=O) groups is 1. The van der Waals surface area contributed by atoms with Gasteiger partial charge in [0.05, 0.1) is 11.6 Å². The Kier molecular flexibility index (Phi) is 4.05. The Morgan fingerprint density at radius 2 is 1.74 bits per heavy atom. The molecule has 4 aliphatic heterocycles. The van der Waals surface area contributed by atoms with E-state index in [-0.39, 0.29) is 5.91 Å². The van der Waals surface area contributed by atoms with E-state index in [1.54, 1.807) is 6.20 Å². The second-order valence-corrected chi connectivity index (χ2v) is 8.58. The highest BCUT2D eigenvalue weighted by Crippen LogP contribution is 2.46. The molecule has 4 saturated heterocycles. The zero-order valence-corrected chi connectivity index (χ0v) is 16.1. The van der Waals surface area contributed by atoms with Crippen molar-refractivity contribution in [3.8, 4) is 0 Å². The monoisotopic (exact) mass is 361 g/mol. The number of pyridine rings is 1. The van der Waals surface area contributed by atoms with Crippen LogP contribution in [-0.2, 0) is 0 Å². The number of fused-ring (bicyclic) bond motifs is 2. The molecule has 1 amide bonds. The Balaban J connectivity index is 1.52. The van der Waals surface area contributed by atoms with Gasteiger partial charge in [0.1, 0.15) is 0 Å². The Morgan fingerprint density at radius 1 is 1.00 bits per heavy atom. The van der Waals surface area contributed by atoms with Crippen molar-refractivity contribution in [1.82, 2.24) is 14.8 Å². The van der Waals surface area contributed by atoms with Crippen LogP contribution >= 0.6 is 0 Å². The molecule has 0 radical (unpaired) electrons. The third-order valence-electron chi connectivity index (χ3n) is 6.88. The van der Waals surface area contributed by atoms with Gasteiger partial charge in [0.15, 0.2) is 0 Å². The van der Waals surface area contributed by atoms with E-state index in [1.165, 1.54) is 37.1 Å². The molecule has 140 valence electrons. The average molecular weight is 361 g/mol. The van der Waals surface area contributed by atoms with Gasteiger partial charge in [0.2, 0.25) is 0 Å². The minimum Gasteiger partial charge on any atom is -0.333 e. The first-order chi connectivity index (χ1) is 13.1. The average Bonchev–Trinajstić information content (AvgIpc) is 3.12. The largest absolute Gasteiger partial charge is 0.333 e. The summed E-state index contributed by atoms with van der Waals surface area (Å²) in [5.41, 5.74) is 4.44. The first-order valence-electron chi connectivity index (χ1n) is 10.1. The van der Waals surface area contributed by atoms with Gasteiger partial charge in [-0.25, -0.2) is 0 Å². The van der Waals surface area contributed by atoms with Crippen LogP contribution in [0.5, 0.6) is 0 Å². The molecule has 0 unspecified atom stereocenters. The third-order valence-corrected chi connectivity index (χ3v) is 6.88. The molecule has 2 bridgehead atoms. The van der Waals surface area contributed by atoms with Crippen molar-refractivity contribution in [1.29, 1.82) is 0 Å². The highest BCUT2D eigenvalue weighted by Gasteiger charge is 2.54. The molecule has 0 N–H and O–H groups in total. The second-order valence-electron chi connectivity index (χ2n) is 8.58. The molecule has 0 aliphatic carbocycles. The summed E-state index contributed by atoms with van der Waals surface area (Å²) in [5.74, 6) is 1.20. The molecule has 0 spiro atoms. The van der Waals surface area contributed by atoms with E-state index >= 15 is 0 Å². The van der Waals surface area contributed by atoms with Crippen LogP contribution in [0.4, 0.5) is 0 Å². The zero-order valence-electron chi connectivity index (χ0n) is 16.1. The molecule has 0 saturated carbocycles. The Labute approximate surface area is 161 Å². The zero-order chi connectivity index (χ0) is 18.5. The number of aryl methyl sites for hydroxylation is 2. The van der Waals surface area contributed by atoms with Gasteiger partial charge in [0, 0.05) is 30.9 Å². The maximum absolute atomic E-state index is 13.4. The van der Waals surface area contributed by atoms with Crippen LogP contribution in [0, 0.1) is 19.8 Å². The molecule has 27 heavy (non-hydrogen) atoms. The molecule has 6 rings (SSSR count). The first-order valence-corrected chi connectivity index (χ1v) is 10.1. The van der Waals surface area contributed by atoms with E-state index < -0.39 is 0 Å². The third kappa shape index (κ3) is 2.78. The molecule has 4 heteroatoms. The van der Waals surface area contributed by atoms with E-state index in [2.05, 4.69) is 46.0 Å². The molecule has 4 aliphatic rings. The normalized spacial score (nSPS) is 31.8. The first kappa shape index (κ1) is 16.9. The number of piperidine rings is 3. The maximum atomic E-state index is 13.4.